The maximum absolute atomic E-state index is 11.3. The summed E-state index contributed by atoms with van der Waals surface area (Å²) >= 11 is 11.7. The fourth-order valence-electron chi connectivity index (χ4n) is 1.53. The molecule has 1 N–H and O–H groups in total. The molecular formula is C11H10Cl2N2O. The van der Waals surface area contributed by atoms with Gasteiger partial charge in [-0.25, -0.2) is 0 Å². The lowest BCUT2D eigenvalue weighted by atomic mass is 10.3. The molecule has 1 aromatic rings. The molecule has 0 bridgehead atoms. The minimum atomic E-state index is 0.109. The van der Waals surface area contributed by atoms with Gasteiger partial charge in [-0.2, -0.15) is 5.10 Å². The summed E-state index contributed by atoms with van der Waals surface area (Å²) in [5, 5.41) is 5.11. The Hall–Kier alpha value is -1.06. The quantitative estimate of drug-likeness (QED) is 0.823. The molecule has 0 saturated heterocycles. The topological polar surface area (TPSA) is 41.5 Å². The Morgan fingerprint density at radius 3 is 2.69 bits per heavy atom. The van der Waals surface area contributed by atoms with Gasteiger partial charge in [-0.1, -0.05) is 23.2 Å². The zero-order chi connectivity index (χ0) is 11.5. The van der Waals surface area contributed by atoms with Crippen molar-refractivity contribution in [3.63, 3.8) is 0 Å². The smallest absolute Gasteiger partial charge is 0.178 e. The van der Waals surface area contributed by atoms with E-state index in [9.17, 15) is 4.79 Å². The fourth-order valence-corrected chi connectivity index (χ4v) is 1.98. The van der Waals surface area contributed by atoms with Crippen LogP contribution >= 0.6 is 23.2 Å². The zero-order valence-electron chi connectivity index (χ0n) is 8.46. The van der Waals surface area contributed by atoms with Crippen LogP contribution in [0, 0.1) is 0 Å². The van der Waals surface area contributed by atoms with Crippen molar-refractivity contribution in [2.45, 2.75) is 19.3 Å². The van der Waals surface area contributed by atoms with Crippen molar-refractivity contribution < 1.29 is 4.79 Å². The van der Waals surface area contributed by atoms with Crippen LogP contribution < -0.4 is 5.43 Å². The molecule has 1 aliphatic carbocycles. The Kier molecular flexibility index (Phi) is 3.46. The number of benzene rings is 1. The second-order valence-corrected chi connectivity index (χ2v) is 4.41. The van der Waals surface area contributed by atoms with E-state index in [1.165, 1.54) is 0 Å². The minimum Gasteiger partial charge on any atom is -0.293 e. The summed E-state index contributed by atoms with van der Waals surface area (Å²) in [5.74, 6) is 0.109. The van der Waals surface area contributed by atoms with E-state index in [1.807, 2.05) is 0 Å². The van der Waals surface area contributed by atoms with E-state index in [2.05, 4.69) is 10.5 Å². The third-order valence-corrected chi connectivity index (χ3v) is 2.93. The largest absolute Gasteiger partial charge is 0.293 e. The number of ketones is 1. The van der Waals surface area contributed by atoms with Gasteiger partial charge in [-0.3, -0.25) is 10.2 Å². The first-order valence-electron chi connectivity index (χ1n) is 4.97. The molecule has 84 valence electrons. The molecule has 0 amide bonds. The molecule has 0 heterocycles. The molecule has 0 atom stereocenters. The van der Waals surface area contributed by atoms with Crippen molar-refractivity contribution >= 4 is 40.4 Å². The van der Waals surface area contributed by atoms with Crippen molar-refractivity contribution in [3.05, 3.63) is 28.2 Å². The molecule has 2 rings (SSSR count). The van der Waals surface area contributed by atoms with Crippen molar-refractivity contribution in [1.82, 2.24) is 0 Å². The highest BCUT2D eigenvalue weighted by Gasteiger charge is 2.18. The van der Waals surface area contributed by atoms with E-state index >= 15 is 0 Å². The molecule has 0 unspecified atom stereocenters. The average molecular weight is 257 g/mol. The van der Waals surface area contributed by atoms with Gasteiger partial charge in [0.2, 0.25) is 0 Å². The van der Waals surface area contributed by atoms with Crippen LogP contribution in [0.3, 0.4) is 0 Å². The summed E-state index contributed by atoms with van der Waals surface area (Å²) in [4.78, 5) is 11.3. The van der Waals surface area contributed by atoms with Gasteiger partial charge in [0, 0.05) is 11.4 Å². The van der Waals surface area contributed by atoms with Crippen LogP contribution in [0.15, 0.2) is 23.3 Å². The minimum absolute atomic E-state index is 0.109. The third kappa shape index (κ3) is 2.54. The highest BCUT2D eigenvalue weighted by molar-refractivity contribution is 6.41. The number of rotatable bonds is 2. The van der Waals surface area contributed by atoms with Gasteiger partial charge >= 0.3 is 0 Å². The first kappa shape index (κ1) is 11.4. The van der Waals surface area contributed by atoms with Crippen LogP contribution in [-0.2, 0) is 4.79 Å². The van der Waals surface area contributed by atoms with Gasteiger partial charge in [0.25, 0.3) is 0 Å². The first-order chi connectivity index (χ1) is 7.66. The number of nitrogens with zero attached hydrogens (tertiary/aromatic N) is 1. The van der Waals surface area contributed by atoms with Gasteiger partial charge in [0.1, 0.15) is 5.71 Å². The van der Waals surface area contributed by atoms with Crippen molar-refractivity contribution in [2.24, 2.45) is 5.10 Å². The normalized spacial score (nSPS) is 18.1. The summed E-state index contributed by atoms with van der Waals surface area (Å²) in [6.45, 7) is 0. The Morgan fingerprint density at radius 1 is 1.25 bits per heavy atom. The van der Waals surface area contributed by atoms with Crippen molar-refractivity contribution in [3.8, 4) is 0 Å². The van der Waals surface area contributed by atoms with Crippen molar-refractivity contribution in [1.29, 1.82) is 0 Å². The molecule has 0 radical (unpaired) electrons. The molecule has 3 nitrogen and oxygen atoms in total. The summed E-state index contributed by atoms with van der Waals surface area (Å²) in [6, 6.07) is 5.07. The number of halogens is 2. The SMILES string of the molecule is O=C1CCCC1=NNc1ccc(Cl)cc1Cl. The van der Waals surface area contributed by atoms with Gasteiger partial charge in [0.15, 0.2) is 5.78 Å². The maximum Gasteiger partial charge on any atom is 0.178 e. The molecule has 1 saturated carbocycles. The number of nitrogens with one attached hydrogen (secondary N) is 1. The zero-order valence-corrected chi connectivity index (χ0v) is 9.98. The van der Waals surface area contributed by atoms with Crippen LogP contribution in [0.1, 0.15) is 19.3 Å². The summed E-state index contributed by atoms with van der Waals surface area (Å²) in [6.07, 6.45) is 2.21. The summed E-state index contributed by atoms with van der Waals surface area (Å²) in [7, 11) is 0. The highest BCUT2D eigenvalue weighted by atomic mass is 35.5. The number of Topliss-reactive ketones (excluding diaryl/α,β-unsaturated/α-hetero) is 1. The predicted molar refractivity (Wildman–Crippen MR) is 66.4 cm³/mol. The van der Waals surface area contributed by atoms with E-state index in [4.69, 9.17) is 23.2 Å². The number of carbonyl (C=O) groups is 1. The molecular weight excluding hydrogens is 247 g/mol. The van der Waals surface area contributed by atoms with Gasteiger partial charge in [-0.15, -0.1) is 0 Å². The molecule has 1 fully saturated rings. The summed E-state index contributed by atoms with van der Waals surface area (Å²) < 4.78 is 0. The van der Waals surface area contributed by atoms with E-state index in [0.717, 1.165) is 12.8 Å². The van der Waals surface area contributed by atoms with Gasteiger partial charge in [-0.05, 0) is 31.0 Å². The van der Waals surface area contributed by atoms with E-state index in [1.54, 1.807) is 18.2 Å². The molecule has 0 spiro atoms. The molecule has 1 aliphatic rings. The predicted octanol–water partition coefficient (Wildman–Crippen LogP) is 3.51. The number of hydrogen-bond donors (Lipinski definition) is 1. The van der Waals surface area contributed by atoms with Crippen LogP contribution in [0.25, 0.3) is 0 Å². The van der Waals surface area contributed by atoms with Crippen LogP contribution in [-0.4, -0.2) is 11.5 Å². The van der Waals surface area contributed by atoms with E-state index in [-0.39, 0.29) is 5.78 Å². The Balaban J connectivity index is 2.12. The first-order valence-corrected chi connectivity index (χ1v) is 5.73. The van der Waals surface area contributed by atoms with Gasteiger partial charge < -0.3 is 0 Å². The summed E-state index contributed by atoms with van der Waals surface area (Å²) in [5.41, 5.74) is 4.03. The molecule has 0 aromatic heterocycles. The number of hydrazone groups is 1. The van der Waals surface area contributed by atoms with E-state index in [0.29, 0.717) is 27.9 Å². The highest BCUT2D eigenvalue weighted by Crippen LogP contribution is 2.25. The average Bonchev–Trinajstić information content (AvgIpc) is 2.63. The van der Waals surface area contributed by atoms with Crippen LogP contribution in [0.2, 0.25) is 10.0 Å². The number of hydrogen-bond acceptors (Lipinski definition) is 3. The lowest BCUT2D eigenvalue weighted by molar-refractivity contribution is -0.112. The molecule has 16 heavy (non-hydrogen) atoms. The standard InChI is InChI=1S/C11H10Cl2N2O/c12-7-4-5-9(8(13)6-7)14-15-10-2-1-3-11(10)16/h4-6,14H,1-3H2. The monoisotopic (exact) mass is 256 g/mol. The second kappa shape index (κ2) is 4.85. The fraction of sp³-hybridized carbons (Fsp3) is 0.273. The maximum atomic E-state index is 11.3. The molecule has 5 heteroatoms. The van der Waals surface area contributed by atoms with Crippen molar-refractivity contribution in [2.75, 3.05) is 5.43 Å². The van der Waals surface area contributed by atoms with E-state index < -0.39 is 0 Å². The Bertz CT molecular complexity index is 457. The van der Waals surface area contributed by atoms with Crippen LogP contribution in [0.5, 0.6) is 0 Å². The molecule has 0 aliphatic heterocycles. The lowest BCUT2D eigenvalue weighted by Crippen LogP contribution is -2.07. The Labute approximate surface area is 103 Å². The number of carbonyl (C=O) groups excluding carboxylic acids is 1. The number of anilines is 1. The molecule has 1 aromatic carbocycles. The second-order valence-electron chi connectivity index (χ2n) is 3.57. The third-order valence-electron chi connectivity index (χ3n) is 2.38. The van der Waals surface area contributed by atoms with Crippen LogP contribution in [0.4, 0.5) is 5.69 Å². The Morgan fingerprint density at radius 2 is 2.06 bits per heavy atom. The lowest BCUT2D eigenvalue weighted by Gasteiger charge is -2.04. The van der Waals surface area contributed by atoms with Gasteiger partial charge in [0.05, 0.1) is 10.7 Å².